The van der Waals surface area contributed by atoms with E-state index in [9.17, 15) is 19.5 Å². The number of carboxylic acid groups (broad SMARTS) is 1. The molecule has 2 atom stereocenters. The first-order valence-electron chi connectivity index (χ1n) is 9.46. The summed E-state index contributed by atoms with van der Waals surface area (Å²) in [7, 11) is 0. The number of ether oxygens (including phenoxy) is 1. The molecule has 152 valence electrons. The fraction of sp³-hybridized carbons (Fsp3) is 0.381. The van der Waals surface area contributed by atoms with E-state index in [0.717, 1.165) is 5.56 Å². The minimum absolute atomic E-state index is 0.164. The predicted octanol–water partition coefficient (Wildman–Crippen LogP) is 2.40. The standard InChI is InChI=1S/C21H22N2O6/c1-13-4-5-14(9-16(13)22-18(24)17-3-2-7-29-17)19(25)23-10-15-11-28-8-6-21(15,12-23)20(26)27/h2-5,7,9,15H,6,8,10-12H2,1H3,(H,22,24)(H,26,27)/t15-,21+/m0/s1. The number of nitrogens with one attached hydrogen (secondary N) is 1. The summed E-state index contributed by atoms with van der Waals surface area (Å²) in [5.74, 6) is -1.59. The highest BCUT2D eigenvalue weighted by Gasteiger charge is 2.54. The number of carbonyl (C=O) groups excluding carboxylic acids is 2. The van der Waals surface area contributed by atoms with Crippen LogP contribution in [0.15, 0.2) is 41.0 Å². The summed E-state index contributed by atoms with van der Waals surface area (Å²) in [4.78, 5) is 38.9. The molecule has 2 fully saturated rings. The van der Waals surface area contributed by atoms with Crippen molar-refractivity contribution in [2.75, 3.05) is 31.6 Å². The fourth-order valence-corrected chi connectivity index (χ4v) is 4.12. The normalized spacial score (nSPS) is 23.5. The van der Waals surface area contributed by atoms with Crippen LogP contribution in [0.25, 0.3) is 0 Å². The zero-order valence-corrected chi connectivity index (χ0v) is 16.0. The molecule has 2 saturated heterocycles. The van der Waals surface area contributed by atoms with Crippen LogP contribution in [-0.4, -0.2) is 54.1 Å². The van der Waals surface area contributed by atoms with Crippen LogP contribution in [0, 0.1) is 18.3 Å². The SMILES string of the molecule is Cc1ccc(C(=O)N2C[C@H]3COCC[C@@]3(C(=O)O)C2)cc1NC(=O)c1ccco1. The van der Waals surface area contributed by atoms with Crippen LogP contribution < -0.4 is 5.32 Å². The van der Waals surface area contributed by atoms with E-state index in [2.05, 4.69) is 5.32 Å². The van der Waals surface area contributed by atoms with Crippen molar-refractivity contribution in [3.8, 4) is 0 Å². The van der Waals surface area contributed by atoms with Gasteiger partial charge < -0.3 is 24.5 Å². The second-order valence-corrected chi connectivity index (χ2v) is 7.63. The molecule has 3 heterocycles. The number of likely N-dealkylation sites (tertiary alicyclic amines) is 1. The lowest BCUT2D eigenvalue weighted by molar-refractivity contribution is -0.157. The molecule has 4 rings (SSSR count). The first-order chi connectivity index (χ1) is 13.9. The van der Waals surface area contributed by atoms with Gasteiger partial charge in [-0.25, -0.2) is 0 Å². The molecular formula is C21H22N2O6. The average Bonchev–Trinajstić information content (AvgIpc) is 3.37. The van der Waals surface area contributed by atoms with Crippen molar-refractivity contribution in [1.29, 1.82) is 0 Å². The van der Waals surface area contributed by atoms with E-state index >= 15 is 0 Å². The molecule has 0 radical (unpaired) electrons. The molecule has 1 aromatic heterocycles. The number of carboxylic acids is 1. The topological polar surface area (TPSA) is 109 Å². The lowest BCUT2D eigenvalue weighted by Gasteiger charge is -2.33. The maximum absolute atomic E-state index is 13.1. The van der Waals surface area contributed by atoms with Crippen molar-refractivity contribution in [3.05, 3.63) is 53.5 Å². The maximum atomic E-state index is 13.1. The number of rotatable bonds is 4. The molecule has 0 spiro atoms. The van der Waals surface area contributed by atoms with E-state index in [0.29, 0.717) is 37.4 Å². The third kappa shape index (κ3) is 3.40. The Morgan fingerprint density at radius 1 is 1.28 bits per heavy atom. The van der Waals surface area contributed by atoms with E-state index in [-0.39, 0.29) is 24.1 Å². The molecule has 2 aliphatic heterocycles. The number of aryl methyl sites for hydroxylation is 1. The fourth-order valence-electron chi connectivity index (χ4n) is 4.12. The Labute approximate surface area is 167 Å². The Bertz CT molecular complexity index is 954. The number of benzene rings is 1. The van der Waals surface area contributed by atoms with Gasteiger partial charge in [0.15, 0.2) is 5.76 Å². The molecule has 8 nitrogen and oxygen atoms in total. The maximum Gasteiger partial charge on any atom is 0.311 e. The highest BCUT2D eigenvalue weighted by atomic mass is 16.5. The van der Waals surface area contributed by atoms with E-state index in [4.69, 9.17) is 9.15 Å². The molecule has 8 heteroatoms. The number of amides is 2. The molecule has 0 saturated carbocycles. The van der Waals surface area contributed by atoms with E-state index in [1.165, 1.54) is 6.26 Å². The summed E-state index contributed by atoms with van der Waals surface area (Å²) in [5, 5.41) is 12.5. The van der Waals surface area contributed by atoms with Crippen LogP contribution in [-0.2, 0) is 9.53 Å². The molecule has 2 aliphatic rings. The van der Waals surface area contributed by atoms with Gasteiger partial charge in [-0.05, 0) is 43.2 Å². The quantitative estimate of drug-likeness (QED) is 0.819. The van der Waals surface area contributed by atoms with Gasteiger partial charge in [0.05, 0.1) is 18.3 Å². The zero-order valence-electron chi connectivity index (χ0n) is 16.0. The van der Waals surface area contributed by atoms with Crippen molar-refractivity contribution < 1.29 is 28.6 Å². The van der Waals surface area contributed by atoms with Crippen LogP contribution in [0.5, 0.6) is 0 Å². The van der Waals surface area contributed by atoms with Crippen LogP contribution in [0.2, 0.25) is 0 Å². The summed E-state index contributed by atoms with van der Waals surface area (Å²) in [5.41, 5.74) is 0.747. The van der Waals surface area contributed by atoms with Crippen molar-refractivity contribution in [2.24, 2.45) is 11.3 Å². The second kappa shape index (κ2) is 7.36. The monoisotopic (exact) mass is 398 g/mol. The summed E-state index contributed by atoms with van der Waals surface area (Å²) >= 11 is 0. The molecule has 0 unspecified atom stereocenters. The number of anilines is 1. The van der Waals surface area contributed by atoms with Crippen LogP contribution in [0.3, 0.4) is 0 Å². The Morgan fingerprint density at radius 3 is 2.79 bits per heavy atom. The smallest absolute Gasteiger partial charge is 0.311 e. The van der Waals surface area contributed by atoms with Crippen LogP contribution in [0.4, 0.5) is 5.69 Å². The first-order valence-corrected chi connectivity index (χ1v) is 9.46. The van der Waals surface area contributed by atoms with Crippen molar-refractivity contribution in [2.45, 2.75) is 13.3 Å². The molecule has 2 amide bonds. The molecule has 2 aromatic rings. The van der Waals surface area contributed by atoms with Gasteiger partial charge in [-0.15, -0.1) is 0 Å². The summed E-state index contributed by atoms with van der Waals surface area (Å²) in [6.45, 7) is 3.06. The van der Waals surface area contributed by atoms with Crippen LogP contribution >= 0.6 is 0 Å². The molecule has 1 aromatic carbocycles. The number of furan rings is 1. The number of carbonyl (C=O) groups is 3. The Kier molecular flexibility index (Phi) is 4.87. The number of nitrogens with zero attached hydrogens (tertiary/aromatic N) is 1. The molecular weight excluding hydrogens is 376 g/mol. The molecule has 0 bridgehead atoms. The molecule has 0 aliphatic carbocycles. The summed E-state index contributed by atoms with van der Waals surface area (Å²) in [6, 6.07) is 8.23. The van der Waals surface area contributed by atoms with E-state index in [1.54, 1.807) is 35.2 Å². The lowest BCUT2D eigenvalue weighted by atomic mass is 9.74. The Balaban J connectivity index is 1.55. The highest BCUT2D eigenvalue weighted by Crippen LogP contribution is 2.43. The van der Waals surface area contributed by atoms with E-state index in [1.807, 2.05) is 6.92 Å². The van der Waals surface area contributed by atoms with Gasteiger partial charge in [0.25, 0.3) is 11.8 Å². The number of hydrogen-bond acceptors (Lipinski definition) is 5. The first kappa shape index (κ1) is 19.2. The van der Waals surface area contributed by atoms with E-state index < -0.39 is 17.3 Å². The van der Waals surface area contributed by atoms with Gasteiger partial charge in [-0.2, -0.15) is 0 Å². The van der Waals surface area contributed by atoms with Crippen molar-refractivity contribution in [3.63, 3.8) is 0 Å². The van der Waals surface area contributed by atoms with Crippen LogP contribution in [0.1, 0.15) is 32.9 Å². The molecule has 29 heavy (non-hydrogen) atoms. The van der Waals surface area contributed by atoms with Crippen molar-refractivity contribution >= 4 is 23.5 Å². The number of aliphatic carboxylic acids is 1. The third-order valence-corrected chi connectivity index (χ3v) is 5.90. The highest BCUT2D eigenvalue weighted by molar-refractivity contribution is 6.04. The van der Waals surface area contributed by atoms with Gasteiger partial charge in [0, 0.05) is 36.9 Å². The number of hydrogen-bond donors (Lipinski definition) is 2. The van der Waals surface area contributed by atoms with Crippen molar-refractivity contribution in [1.82, 2.24) is 4.90 Å². The largest absolute Gasteiger partial charge is 0.481 e. The lowest BCUT2D eigenvalue weighted by Crippen LogP contribution is -2.45. The summed E-state index contributed by atoms with van der Waals surface area (Å²) < 4.78 is 10.5. The molecule has 2 N–H and O–H groups in total. The van der Waals surface area contributed by atoms with Gasteiger partial charge >= 0.3 is 5.97 Å². The van der Waals surface area contributed by atoms with Gasteiger partial charge in [-0.3, -0.25) is 14.4 Å². The second-order valence-electron chi connectivity index (χ2n) is 7.63. The minimum atomic E-state index is -0.949. The zero-order chi connectivity index (χ0) is 20.6. The third-order valence-electron chi connectivity index (χ3n) is 5.90. The average molecular weight is 398 g/mol. The van der Waals surface area contributed by atoms with Gasteiger partial charge in [0.1, 0.15) is 0 Å². The van der Waals surface area contributed by atoms with Gasteiger partial charge in [-0.1, -0.05) is 6.07 Å². The predicted molar refractivity (Wildman–Crippen MR) is 103 cm³/mol. The Morgan fingerprint density at radius 2 is 2.10 bits per heavy atom. The summed E-state index contributed by atoms with van der Waals surface area (Å²) in [6.07, 6.45) is 1.81. The Hall–Kier alpha value is -3.13. The number of fused-ring (bicyclic) bond motifs is 1. The minimum Gasteiger partial charge on any atom is -0.481 e. The van der Waals surface area contributed by atoms with Gasteiger partial charge in [0.2, 0.25) is 0 Å².